The molecule has 2 aromatic rings. The summed E-state index contributed by atoms with van der Waals surface area (Å²) in [5.74, 6) is 0.523. The van der Waals surface area contributed by atoms with E-state index in [1.54, 1.807) is 12.4 Å². The number of pyridine rings is 1. The van der Waals surface area contributed by atoms with Gasteiger partial charge in [0.15, 0.2) is 5.82 Å². The second kappa shape index (κ2) is 4.76. The summed E-state index contributed by atoms with van der Waals surface area (Å²) in [6, 6.07) is 3.63. The van der Waals surface area contributed by atoms with E-state index in [0.29, 0.717) is 22.6 Å². The Kier molecular flexibility index (Phi) is 3.36. The Balaban J connectivity index is 2.53. The molecule has 2 rings (SSSR count). The van der Waals surface area contributed by atoms with Gasteiger partial charge in [0.1, 0.15) is 10.3 Å². The van der Waals surface area contributed by atoms with E-state index in [-0.39, 0.29) is 0 Å². The highest BCUT2D eigenvalue weighted by molar-refractivity contribution is 6.34. The Hall–Kier alpha value is -1.19. The van der Waals surface area contributed by atoms with Crippen LogP contribution in [0, 0.1) is 0 Å². The van der Waals surface area contributed by atoms with Gasteiger partial charge in [-0.1, -0.05) is 30.1 Å². The van der Waals surface area contributed by atoms with Crippen LogP contribution in [0.4, 0.5) is 0 Å². The lowest BCUT2D eigenvalue weighted by atomic mass is 10.2. The summed E-state index contributed by atoms with van der Waals surface area (Å²) in [7, 11) is 0. The molecule has 0 N–H and O–H groups in total. The first-order chi connectivity index (χ1) is 7.72. The molecule has 0 atom stereocenters. The van der Waals surface area contributed by atoms with Gasteiger partial charge < -0.3 is 0 Å². The van der Waals surface area contributed by atoms with Crippen molar-refractivity contribution in [2.24, 2.45) is 0 Å². The minimum absolute atomic E-state index is 0.411. The van der Waals surface area contributed by atoms with E-state index in [9.17, 15) is 0 Å². The molecule has 82 valence electrons. The van der Waals surface area contributed by atoms with Crippen LogP contribution in [0.25, 0.3) is 11.4 Å². The highest BCUT2D eigenvalue weighted by Crippen LogP contribution is 2.25. The van der Waals surface area contributed by atoms with Crippen molar-refractivity contribution in [2.75, 3.05) is 0 Å². The summed E-state index contributed by atoms with van der Waals surface area (Å²) in [6.07, 6.45) is 4.07. The highest BCUT2D eigenvalue weighted by atomic mass is 35.5. The number of rotatable bonds is 2. The fourth-order valence-electron chi connectivity index (χ4n) is 1.35. The zero-order valence-corrected chi connectivity index (χ0v) is 10.1. The highest BCUT2D eigenvalue weighted by Gasteiger charge is 2.10. The quantitative estimate of drug-likeness (QED) is 0.771. The summed E-state index contributed by atoms with van der Waals surface area (Å²) >= 11 is 12.1. The van der Waals surface area contributed by atoms with Crippen molar-refractivity contribution in [2.45, 2.75) is 13.3 Å². The lowest BCUT2D eigenvalue weighted by molar-refractivity contribution is 1.05. The zero-order valence-electron chi connectivity index (χ0n) is 8.61. The molecule has 0 spiro atoms. The second-order valence-corrected chi connectivity index (χ2v) is 3.91. The van der Waals surface area contributed by atoms with Gasteiger partial charge in [-0.2, -0.15) is 0 Å². The van der Waals surface area contributed by atoms with Crippen LogP contribution in [-0.2, 0) is 6.42 Å². The van der Waals surface area contributed by atoms with Gasteiger partial charge in [0, 0.05) is 23.5 Å². The standard InChI is InChI=1S/C11H9Cl2N3/c1-2-8-9(12)15-11(16-10(8)13)7-3-5-14-6-4-7/h3-6H,2H2,1H3. The second-order valence-electron chi connectivity index (χ2n) is 3.20. The minimum atomic E-state index is 0.411. The minimum Gasteiger partial charge on any atom is -0.265 e. The Morgan fingerprint density at radius 1 is 1.06 bits per heavy atom. The average Bonchev–Trinajstić information content (AvgIpc) is 2.30. The van der Waals surface area contributed by atoms with Crippen LogP contribution >= 0.6 is 23.2 Å². The van der Waals surface area contributed by atoms with Gasteiger partial charge in [-0.3, -0.25) is 4.98 Å². The molecule has 0 aliphatic carbocycles. The molecule has 5 heteroatoms. The van der Waals surface area contributed by atoms with Crippen molar-refractivity contribution in [1.29, 1.82) is 0 Å². The van der Waals surface area contributed by atoms with Crippen LogP contribution in [0.1, 0.15) is 12.5 Å². The van der Waals surface area contributed by atoms with Crippen molar-refractivity contribution < 1.29 is 0 Å². The van der Waals surface area contributed by atoms with E-state index in [4.69, 9.17) is 23.2 Å². The first-order valence-corrected chi connectivity index (χ1v) is 5.60. The number of nitrogens with zero attached hydrogens (tertiary/aromatic N) is 3. The third-order valence-electron chi connectivity index (χ3n) is 2.20. The van der Waals surface area contributed by atoms with Gasteiger partial charge >= 0.3 is 0 Å². The molecule has 0 amide bonds. The van der Waals surface area contributed by atoms with Crippen molar-refractivity contribution in [1.82, 2.24) is 15.0 Å². The lowest BCUT2D eigenvalue weighted by Gasteiger charge is -2.05. The van der Waals surface area contributed by atoms with E-state index in [1.807, 2.05) is 19.1 Å². The van der Waals surface area contributed by atoms with E-state index < -0.39 is 0 Å². The van der Waals surface area contributed by atoms with Gasteiger partial charge in [0.05, 0.1) is 0 Å². The maximum Gasteiger partial charge on any atom is 0.162 e. The fraction of sp³-hybridized carbons (Fsp3) is 0.182. The molecular formula is C11H9Cl2N3. The summed E-state index contributed by atoms with van der Waals surface area (Å²) in [5, 5.41) is 0.823. The molecule has 0 aliphatic heterocycles. The largest absolute Gasteiger partial charge is 0.265 e. The lowest BCUT2D eigenvalue weighted by Crippen LogP contribution is -1.96. The normalized spacial score (nSPS) is 10.4. The van der Waals surface area contributed by atoms with Crippen molar-refractivity contribution in [3.63, 3.8) is 0 Å². The number of hydrogen-bond acceptors (Lipinski definition) is 3. The Labute approximate surface area is 103 Å². The first-order valence-electron chi connectivity index (χ1n) is 4.84. The van der Waals surface area contributed by atoms with Gasteiger partial charge in [-0.25, -0.2) is 9.97 Å². The van der Waals surface area contributed by atoms with E-state index in [2.05, 4.69) is 15.0 Å². The van der Waals surface area contributed by atoms with Gasteiger partial charge in [-0.05, 0) is 18.6 Å². The average molecular weight is 254 g/mol. The molecule has 0 unspecified atom stereocenters. The Morgan fingerprint density at radius 2 is 1.62 bits per heavy atom. The molecule has 0 aromatic carbocycles. The van der Waals surface area contributed by atoms with Crippen LogP contribution < -0.4 is 0 Å². The smallest absolute Gasteiger partial charge is 0.162 e. The summed E-state index contributed by atoms with van der Waals surface area (Å²) in [4.78, 5) is 12.4. The topological polar surface area (TPSA) is 38.7 Å². The van der Waals surface area contributed by atoms with Crippen LogP contribution in [0.15, 0.2) is 24.5 Å². The number of halogens is 2. The van der Waals surface area contributed by atoms with Gasteiger partial charge in [-0.15, -0.1) is 0 Å². The number of aromatic nitrogens is 3. The molecule has 16 heavy (non-hydrogen) atoms. The summed E-state index contributed by atoms with van der Waals surface area (Å²) < 4.78 is 0. The van der Waals surface area contributed by atoms with Gasteiger partial charge in [0.2, 0.25) is 0 Å². The maximum atomic E-state index is 6.03. The fourth-order valence-corrected chi connectivity index (χ4v) is 2.01. The molecule has 0 saturated carbocycles. The number of hydrogen-bond donors (Lipinski definition) is 0. The summed E-state index contributed by atoms with van der Waals surface area (Å²) in [5.41, 5.74) is 1.63. The van der Waals surface area contributed by atoms with Crippen molar-refractivity contribution in [3.05, 3.63) is 40.4 Å². The van der Waals surface area contributed by atoms with Crippen molar-refractivity contribution in [3.8, 4) is 11.4 Å². The molecule has 3 nitrogen and oxygen atoms in total. The Morgan fingerprint density at radius 3 is 2.12 bits per heavy atom. The molecule has 0 radical (unpaired) electrons. The molecule has 0 aliphatic rings. The van der Waals surface area contributed by atoms with E-state index in [1.165, 1.54) is 0 Å². The molecule has 2 heterocycles. The predicted octanol–water partition coefficient (Wildman–Crippen LogP) is 3.41. The van der Waals surface area contributed by atoms with Crippen LogP contribution in [0.5, 0.6) is 0 Å². The van der Waals surface area contributed by atoms with Gasteiger partial charge in [0.25, 0.3) is 0 Å². The third-order valence-corrected chi connectivity index (χ3v) is 2.82. The molecule has 0 saturated heterocycles. The SMILES string of the molecule is CCc1c(Cl)nc(-c2ccncc2)nc1Cl. The van der Waals surface area contributed by atoms with Crippen LogP contribution in [0.2, 0.25) is 10.3 Å². The first kappa shape index (κ1) is 11.3. The molecule has 0 fully saturated rings. The molecule has 0 bridgehead atoms. The predicted molar refractivity (Wildman–Crippen MR) is 64.7 cm³/mol. The third kappa shape index (κ3) is 2.15. The molecular weight excluding hydrogens is 245 g/mol. The Bertz CT molecular complexity index is 477. The van der Waals surface area contributed by atoms with Crippen LogP contribution in [0.3, 0.4) is 0 Å². The van der Waals surface area contributed by atoms with E-state index >= 15 is 0 Å². The summed E-state index contributed by atoms with van der Waals surface area (Å²) in [6.45, 7) is 1.96. The monoisotopic (exact) mass is 253 g/mol. The maximum absolute atomic E-state index is 6.03. The molecule has 2 aromatic heterocycles. The van der Waals surface area contributed by atoms with Crippen LogP contribution in [-0.4, -0.2) is 15.0 Å². The zero-order chi connectivity index (χ0) is 11.5. The van der Waals surface area contributed by atoms with E-state index in [0.717, 1.165) is 11.1 Å². The van der Waals surface area contributed by atoms with Crippen molar-refractivity contribution >= 4 is 23.2 Å².